The van der Waals surface area contributed by atoms with Gasteiger partial charge in [0.1, 0.15) is 12.4 Å². The Hall–Kier alpha value is -2.49. The number of ether oxygens (including phenoxy) is 1. The van der Waals surface area contributed by atoms with Gasteiger partial charge in [-0.3, -0.25) is 4.79 Å². The Bertz CT molecular complexity index is 624. The van der Waals surface area contributed by atoms with E-state index in [4.69, 9.17) is 10.5 Å². The first-order valence-corrected chi connectivity index (χ1v) is 6.11. The van der Waals surface area contributed by atoms with Gasteiger partial charge in [-0.05, 0) is 17.2 Å². The molecule has 0 spiro atoms. The minimum atomic E-state index is -0.00499. The molecular formula is C15H14N2O2. The molecule has 0 saturated heterocycles. The van der Waals surface area contributed by atoms with Crippen molar-refractivity contribution in [1.29, 1.82) is 0 Å². The first-order valence-electron chi connectivity index (χ1n) is 6.11. The molecule has 0 radical (unpaired) electrons. The van der Waals surface area contributed by atoms with Crippen molar-refractivity contribution in [3.63, 3.8) is 0 Å². The lowest BCUT2D eigenvalue weighted by molar-refractivity contribution is -0.115. The molecule has 4 heteroatoms. The van der Waals surface area contributed by atoms with Gasteiger partial charge in [0.05, 0.1) is 12.1 Å². The Kier molecular flexibility index (Phi) is 2.83. The van der Waals surface area contributed by atoms with Crippen LogP contribution in [0.2, 0.25) is 0 Å². The number of anilines is 2. The minimum absolute atomic E-state index is 0.00499. The number of nitrogen functional groups attached to an aromatic ring is 1. The summed E-state index contributed by atoms with van der Waals surface area (Å²) in [4.78, 5) is 11.3. The zero-order valence-electron chi connectivity index (χ0n) is 10.3. The van der Waals surface area contributed by atoms with Crippen LogP contribution in [0.25, 0.3) is 0 Å². The zero-order chi connectivity index (χ0) is 13.2. The number of carbonyl (C=O) groups is 1. The number of hydrogen-bond acceptors (Lipinski definition) is 3. The van der Waals surface area contributed by atoms with E-state index in [1.54, 1.807) is 12.1 Å². The van der Waals surface area contributed by atoms with Crippen LogP contribution in [-0.2, 0) is 17.8 Å². The summed E-state index contributed by atoms with van der Waals surface area (Å²) in [6.45, 7) is 0.456. The van der Waals surface area contributed by atoms with Gasteiger partial charge in [0.2, 0.25) is 5.91 Å². The van der Waals surface area contributed by atoms with Gasteiger partial charge in [-0.25, -0.2) is 0 Å². The minimum Gasteiger partial charge on any atom is -0.487 e. The monoisotopic (exact) mass is 254 g/mol. The third-order valence-electron chi connectivity index (χ3n) is 3.10. The Morgan fingerprint density at radius 2 is 2.00 bits per heavy atom. The summed E-state index contributed by atoms with van der Waals surface area (Å²) < 4.78 is 5.71. The molecule has 0 aliphatic carbocycles. The second-order valence-corrected chi connectivity index (χ2v) is 4.55. The van der Waals surface area contributed by atoms with E-state index in [2.05, 4.69) is 5.32 Å². The van der Waals surface area contributed by atoms with Crippen molar-refractivity contribution in [2.24, 2.45) is 0 Å². The molecule has 1 aliphatic rings. The maximum Gasteiger partial charge on any atom is 0.228 e. The molecule has 3 N–H and O–H groups in total. The SMILES string of the molecule is Nc1cc2c(cc1OCc1ccccc1)NC(=O)C2. The van der Waals surface area contributed by atoms with E-state index in [0.717, 1.165) is 16.8 Å². The lowest BCUT2D eigenvalue weighted by Crippen LogP contribution is -2.03. The quantitative estimate of drug-likeness (QED) is 0.826. The fraction of sp³-hybridized carbons (Fsp3) is 0.133. The molecule has 96 valence electrons. The van der Waals surface area contributed by atoms with Crippen molar-refractivity contribution in [1.82, 2.24) is 0 Å². The molecule has 0 atom stereocenters. The van der Waals surface area contributed by atoms with Gasteiger partial charge >= 0.3 is 0 Å². The van der Waals surface area contributed by atoms with Crippen LogP contribution in [0.1, 0.15) is 11.1 Å². The molecule has 0 fully saturated rings. The fourth-order valence-electron chi connectivity index (χ4n) is 2.13. The fourth-order valence-corrected chi connectivity index (χ4v) is 2.13. The highest BCUT2D eigenvalue weighted by Crippen LogP contribution is 2.33. The molecule has 19 heavy (non-hydrogen) atoms. The number of carbonyl (C=O) groups excluding carboxylic acids is 1. The van der Waals surface area contributed by atoms with Crippen LogP contribution in [0.15, 0.2) is 42.5 Å². The third-order valence-corrected chi connectivity index (χ3v) is 3.10. The lowest BCUT2D eigenvalue weighted by Gasteiger charge is -2.11. The highest BCUT2D eigenvalue weighted by molar-refractivity contribution is 6.00. The number of benzene rings is 2. The Balaban J connectivity index is 1.79. The number of amides is 1. The first kappa shape index (κ1) is 11.6. The summed E-state index contributed by atoms with van der Waals surface area (Å²) in [5.41, 5.74) is 9.30. The second kappa shape index (κ2) is 4.65. The average Bonchev–Trinajstić information content (AvgIpc) is 2.76. The van der Waals surface area contributed by atoms with Gasteiger partial charge in [0.15, 0.2) is 0 Å². The number of nitrogens with two attached hydrogens (primary N) is 1. The van der Waals surface area contributed by atoms with Crippen molar-refractivity contribution >= 4 is 17.3 Å². The third kappa shape index (κ3) is 2.38. The number of fused-ring (bicyclic) bond motifs is 1. The molecule has 2 aromatic rings. The van der Waals surface area contributed by atoms with Gasteiger partial charge in [-0.15, -0.1) is 0 Å². The van der Waals surface area contributed by atoms with E-state index in [0.29, 0.717) is 24.5 Å². The molecule has 1 amide bonds. The highest BCUT2D eigenvalue weighted by Gasteiger charge is 2.19. The van der Waals surface area contributed by atoms with Crippen molar-refractivity contribution < 1.29 is 9.53 Å². The number of rotatable bonds is 3. The summed E-state index contributed by atoms with van der Waals surface area (Å²) in [5, 5.41) is 2.79. The van der Waals surface area contributed by atoms with Crippen LogP contribution in [-0.4, -0.2) is 5.91 Å². The van der Waals surface area contributed by atoms with Gasteiger partial charge in [-0.1, -0.05) is 30.3 Å². The van der Waals surface area contributed by atoms with Crippen molar-refractivity contribution in [2.45, 2.75) is 13.0 Å². The van der Waals surface area contributed by atoms with Gasteiger partial charge in [-0.2, -0.15) is 0 Å². The molecule has 0 bridgehead atoms. The predicted molar refractivity (Wildman–Crippen MR) is 74.0 cm³/mol. The molecule has 0 aromatic heterocycles. The molecule has 1 heterocycles. The van der Waals surface area contributed by atoms with Crippen molar-refractivity contribution in [3.05, 3.63) is 53.6 Å². The number of hydrogen-bond donors (Lipinski definition) is 2. The van der Waals surface area contributed by atoms with Crippen LogP contribution in [0, 0.1) is 0 Å². The summed E-state index contributed by atoms with van der Waals surface area (Å²) in [7, 11) is 0. The highest BCUT2D eigenvalue weighted by atomic mass is 16.5. The maximum atomic E-state index is 11.3. The normalized spacial score (nSPS) is 12.9. The van der Waals surface area contributed by atoms with E-state index in [1.165, 1.54) is 0 Å². The standard InChI is InChI=1S/C15H14N2O2/c16-12-6-11-7-15(18)17-13(11)8-14(12)19-9-10-4-2-1-3-5-10/h1-6,8H,7,9,16H2,(H,17,18). The topological polar surface area (TPSA) is 64.3 Å². The largest absolute Gasteiger partial charge is 0.487 e. The molecule has 2 aromatic carbocycles. The summed E-state index contributed by atoms with van der Waals surface area (Å²) in [6.07, 6.45) is 0.387. The molecular weight excluding hydrogens is 240 g/mol. The molecule has 4 nitrogen and oxygen atoms in total. The van der Waals surface area contributed by atoms with Gasteiger partial charge in [0, 0.05) is 11.8 Å². The van der Waals surface area contributed by atoms with E-state index >= 15 is 0 Å². The molecule has 0 unspecified atom stereocenters. The van der Waals surface area contributed by atoms with E-state index in [9.17, 15) is 4.79 Å². The average molecular weight is 254 g/mol. The van der Waals surface area contributed by atoms with Crippen LogP contribution in [0.4, 0.5) is 11.4 Å². The Labute approximate surface area is 111 Å². The Morgan fingerprint density at radius 3 is 2.79 bits per heavy atom. The van der Waals surface area contributed by atoms with Crippen LogP contribution < -0.4 is 15.8 Å². The Morgan fingerprint density at radius 1 is 1.21 bits per heavy atom. The van der Waals surface area contributed by atoms with E-state index < -0.39 is 0 Å². The summed E-state index contributed by atoms with van der Waals surface area (Å²) >= 11 is 0. The summed E-state index contributed by atoms with van der Waals surface area (Å²) in [6, 6.07) is 13.5. The van der Waals surface area contributed by atoms with Gasteiger partial charge < -0.3 is 15.8 Å². The second-order valence-electron chi connectivity index (χ2n) is 4.55. The van der Waals surface area contributed by atoms with Gasteiger partial charge in [0.25, 0.3) is 0 Å². The van der Waals surface area contributed by atoms with Crippen LogP contribution >= 0.6 is 0 Å². The lowest BCUT2D eigenvalue weighted by atomic mass is 10.1. The predicted octanol–water partition coefficient (Wildman–Crippen LogP) is 2.34. The van der Waals surface area contributed by atoms with E-state index in [1.807, 2.05) is 30.3 Å². The number of nitrogens with one attached hydrogen (secondary N) is 1. The first-order chi connectivity index (χ1) is 9.22. The maximum absolute atomic E-state index is 11.3. The van der Waals surface area contributed by atoms with Crippen molar-refractivity contribution in [2.75, 3.05) is 11.1 Å². The molecule has 3 rings (SSSR count). The van der Waals surface area contributed by atoms with Crippen LogP contribution in [0.5, 0.6) is 5.75 Å². The molecule has 1 aliphatic heterocycles. The summed E-state index contributed by atoms with van der Waals surface area (Å²) in [5.74, 6) is 0.597. The molecule has 0 saturated carbocycles. The zero-order valence-corrected chi connectivity index (χ0v) is 10.3. The van der Waals surface area contributed by atoms with E-state index in [-0.39, 0.29) is 5.91 Å². The smallest absolute Gasteiger partial charge is 0.228 e. The van der Waals surface area contributed by atoms with Crippen LogP contribution in [0.3, 0.4) is 0 Å². The van der Waals surface area contributed by atoms with Crippen molar-refractivity contribution in [3.8, 4) is 5.75 Å².